The van der Waals surface area contributed by atoms with Crippen molar-refractivity contribution in [3.05, 3.63) is 0 Å². The van der Waals surface area contributed by atoms with E-state index in [-0.39, 0.29) is 18.8 Å². The van der Waals surface area contributed by atoms with Crippen LogP contribution in [0.1, 0.15) is 40.0 Å². The van der Waals surface area contributed by atoms with Crippen molar-refractivity contribution in [2.24, 2.45) is 0 Å². The van der Waals surface area contributed by atoms with E-state index >= 15 is 0 Å². The summed E-state index contributed by atoms with van der Waals surface area (Å²) in [5, 5.41) is 2.89. The lowest BCUT2D eigenvalue weighted by Crippen LogP contribution is -2.46. The number of piperidine rings is 1. The molecule has 1 fully saturated rings. The summed E-state index contributed by atoms with van der Waals surface area (Å²) in [6.45, 7) is 7.96. The first-order chi connectivity index (χ1) is 8.40. The maximum absolute atomic E-state index is 12.1. The summed E-state index contributed by atoms with van der Waals surface area (Å²) in [5.41, 5.74) is -0.452. The van der Waals surface area contributed by atoms with E-state index in [1.54, 1.807) is 0 Å². The van der Waals surface area contributed by atoms with Gasteiger partial charge in [0.15, 0.2) is 0 Å². The fourth-order valence-electron chi connectivity index (χ4n) is 2.06. The topological polar surface area (TPSA) is 41.6 Å². The van der Waals surface area contributed by atoms with E-state index < -0.39 is 5.60 Å². The van der Waals surface area contributed by atoms with Crippen molar-refractivity contribution in [2.75, 3.05) is 26.3 Å². The van der Waals surface area contributed by atoms with Gasteiger partial charge in [-0.1, -0.05) is 0 Å². The predicted molar refractivity (Wildman–Crippen MR) is 69.4 cm³/mol. The van der Waals surface area contributed by atoms with Gasteiger partial charge in [0.2, 0.25) is 0 Å². The quantitative estimate of drug-likeness (QED) is 0.843. The molecule has 4 nitrogen and oxygen atoms in total. The molecule has 1 amide bonds. The fourth-order valence-corrected chi connectivity index (χ4v) is 2.06. The van der Waals surface area contributed by atoms with Gasteiger partial charge in [-0.15, -0.1) is 0 Å². The number of ether oxygens (including phenoxy) is 1. The van der Waals surface area contributed by atoms with E-state index in [2.05, 4.69) is 10.2 Å². The number of likely N-dealkylation sites (tertiary alicyclic amines) is 1. The highest BCUT2D eigenvalue weighted by molar-refractivity contribution is 5.68. The highest BCUT2D eigenvalue weighted by Crippen LogP contribution is 2.12. The molecule has 0 aliphatic carbocycles. The highest BCUT2D eigenvalue weighted by Gasteiger charge is 2.23. The Labute approximate surface area is 109 Å². The standard InChI is InChI=1S/C13H25FN2O2/c1-13(2,3)18-12(17)15-11-5-9-16(10-6-11)8-4-7-14/h11H,4-10H2,1-3H3,(H,15,17). The molecule has 0 radical (unpaired) electrons. The van der Waals surface area contributed by atoms with E-state index in [4.69, 9.17) is 4.74 Å². The highest BCUT2D eigenvalue weighted by atomic mass is 19.1. The Hall–Kier alpha value is -0.840. The maximum Gasteiger partial charge on any atom is 0.407 e. The molecule has 5 heteroatoms. The summed E-state index contributed by atoms with van der Waals surface area (Å²) in [6, 6.07) is 0.182. The number of nitrogens with one attached hydrogen (secondary N) is 1. The van der Waals surface area contributed by atoms with Crippen LogP contribution in [0, 0.1) is 0 Å². The molecule has 1 rings (SSSR count). The first-order valence-electron chi connectivity index (χ1n) is 6.68. The molecule has 1 aliphatic heterocycles. The van der Waals surface area contributed by atoms with Gasteiger partial charge in [-0.3, -0.25) is 4.39 Å². The van der Waals surface area contributed by atoms with Gasteiger partial charge >= 0.3 is 6.09 Å². The van der Waals surface area contributed by atoms with Crippen molar-refractivity contribution >= 4 is 6.09 Å². The summed E-state index contributed by atoms with van der Waals surface area (Å²) in [7, 11) is 0. The molecule has 1 saturated heterocycles. The molecule has 0 spiro atoms. The van der Waals surface area contributed by atoms with E-state index in [1.165, 1.54) is 0 Å². The van der Waals surface area contributed by atoms with Gasteiger partial charge in [-0.05, 0) is 40.0 Å². The van der Waals surface area contributed by atoms with Crippen LogP contribution in [0.25, 0.3) is 0 Å². The maximum atomic E-state index is 12.1. The van der Waals surface area contributed by atoms with Crippen molar-refractivity contribution in [1.82, 2.24) is 10.2 Å². The molecule has 1 N–H and O–H groups in total. The van der Waals surface area contributed by atoms with Gasteiger partial charge in [0.1, 0.15) is 5.60 Å². The predicted octanol–water partition coefficient (Wildman–Crippen LogP) is 2.34. The molecule has 1 aliphatic rings. The van der Waals surface area contributed by atoms with E-state index in [0.29, 0.717) is 6.42 Å². The Balaban J connectivity index is 2.21. The Morgan fingerprint density at radius 1 is 1.39 bits per heavy atom. The van der Waals surface area contributed by atoms with Gasteiger partial charge in [0.25, 0.3) is 0 Å². The van der Waals surface area contributed by atoms with Crippen molar-refractivity contribution in [3.8, 4) is 0 Å². The monoisotopic (exact) mass is 260 g/mol. The minimum Gasteiger partial charge on any atom is -0.444 e. The number of hydrogen-bond acceptors (Lipinski definition) is 3. The zero-order valence-corrected chi connectivity index (χ0v) is 11.7. The number of carbonyl (C=O) groups excluding carboxylic acids is 1. The van der Waals surface area contributed by atoms with Gasteiger partial charge in [-0.25, -0.2) is 4.79 Å². The largest absolute Gasteiger partial charge is 0.444 e. The summed E-state index contributed by atoms with van der Waals surface area (Å²) >= 11 is 0. The number of hydrogen-bond donors (Lipinski definition) is 1. The molecule has 0 unspecified atom stereocenters. The van der Waals surface area contributed by atoms with Crippen LogP contribution in [-0.4, -0.2) is 48.9 Å². The first-order valence-corrected chi connectivity index (χ1v) is 6.68. The summed E-state index contributed by atoms with van der Waals surface area (Å²) in [4.78, 5) is 13.8. The smallest absolute Gasteiger partial charge is 0.407 e. The minimum atomic E-state index is -0.452. The molecule has 0 aromatic heterocycles. The first kappa shape index (κ1) is 15.2. The number of alkyl halides is 1. The normalized spacial score (nSPS) is 18.7. The Kier molecular flexibility index (Phi) is 5.85. The van der Waals surface area contributed by atoms with Crippen LogP contribution in [0.3, 0.4) is 0 Å². The summed E-state index contributed by atoms with van der Waals surface area (Å²) < 4.78 is 17.3. The number of halogens is 1. The number of alkyl carbamates (subject to hydrolysis) is 1. The van der Waals surface area contributed by atoms with E-state index in [0.717, 1.165) is 32.5 Å². The lowest BCUT2D eigenvalue weighted by atomic mass is 10.1. The van der Waals surface area contributed by atoms with Gasteiger partial charge in [0, 0.05) is 25.7 Å². The molecular formula is C13H25FN2O2. The van der Waals surface area contributed by atoms with Crippen molar-refractivity contribution in [1.29, 1.82) is 0 Å². The second-order valence-electron chi connectivity index (χ2n) is 5.80. The van der Waals surface area contributed by atoms with Crippen LogP contribution in [0.5, 0.6) is 0 Å². The number of rotatable bonds is 4. The van der Waals surface area contributed by atoms with E-state index in [9.17, 15) is 9.18 Å². The number of carbonyl (C=O) groups is 1. The summed E-state index contributed by atoms with van der Waals surface area (Å²) in [6.07, 6.45) is 2.08. The zero-order valence-electron chi connectivity index (χ0n) is 11.7. The summed E-state index contributed by atoms with van der Waals surface area (Å²) in [5.74, 6) is 0. The Morgan fingerprint density at radius 3 is 2.50 bits per heavy atom. The van der Waals surface area contributed by atoms with Crippen LogP contribution in [-0.2, 0) is 4.74 Å². The lowest BCUT2D eigenvalue weighted by Gasteiger charge is -2.32. The van der Waals surface area contributed by atoms with Crippen LogP contribution >= 0.6 is 0 Å². The van der Waals surface area contributed by atoms with Gasteiger partial charge < -0.3 is 15.0 Å². The second kappa shape index (κ2) is 6.92. The molecule has 1 heterocycles. The Bertz CT molecular complexity index is 258. The number of amides is 1. The van der Waals surface area contributed by atoms with Crippen LogP contribution < -0.4 is 5.32 Å². The van der Waals surface area contributed by atoms with Crippen molar-refractivity contribution < 1.29 is 13.9 Å². The molecule has 0 aromatic rings. The van der Waals surface area contributed by atoms with Crippen LogP contribution in [0.15, 0.2) is 0 Å². The third-order valence-electron chi connectivity index (χ3n) is 2.92. The SMILES string of the molecule is CC(C)(C)OC(=O)NC1CCN(CCCF)CC1. The Morgan fingerprint density at radius 2 is 2.00 bits per heavy atom. The average molecular weight is 260 g/mol. The van der Waals surface area contributed by atoms with Gasteiger partial charge in [0.05, 0.1) is 6.67 Å². The van der Waals surface area contributed by atoms with Crippen molar-refractivity contribution in [3.63, 3.8) is 0 Å². The average Bonchev–Trinajstić information content (AvgIpc) is 2.25. The third-order valence-corrected chi connectivity index (χ3v) is 2.92. The second-order valence-corrected chi connectivity index (χ2v) is 5.80. The minimum absolute atomic E-state index is 0.182. The van der Waals surface area contributed by atoms with Gasteiger partial charge in [-0.2, -0.15) is 0 Å². The van der Waals surface area contributed by atoms with E-state index in [1.807, 2.05) is 20.8 Å². The molecule has 106 valence electrons. The molecule has 18 heavy (non-hydrogen) atoms. The molecule has 0 bridgehead atoms. The fraction of sp³-hybridized carbons (Fsp3) is 0.923. The molecule has 0 atom stereocenters. The van der Waals surface area contributed by atoms with Crippen molar-refractivity contribution in [2.45, 2.75) is 51.7 Å². The zero-order chi connectivity index (χ0) is 13.6. The lowest BCUT2D eigenvalue weighted by molar-refractivity contribution is 0.0479. The third kappa shape index (κ3) is 6.19. The number of nitrogens with zero attached hydrogens (tertiary/aromatic N) is 1. The molecule has 0 aromatic carbocycles. The molecule has 0 saturated carbocycles. The van der Waals surface area contributed by atoms with Crippen LogP contribution in [0.4, 0.5) is 9.18 Å². The molecular weight excluding hydrogens is 235 g/mol. The van der Waals surface area contributed by atoms with Crippen LogP contribution in [0.2, 0.25) is 0 Å².